The molecular formula is C21H21N7O3S. The Bertz CT molecular complexity index is 1240. The molecule has 1 aliphatic heterocycles. The first-order valence-electron chi connectivity index (χ1n) is 10.1. The van der Waals surface area contributed by atoms with Gasteiger partial charge in [0, 0.05) is 38.6 Å². The summed E-state index contributed by atoms with van der Waals surface area (Å²) in [5.41, 5.74) is 3.95. The van der Waals surface area contributed by atoms with Gasteiger partial charge in [-0.05, 0) is 46.6 Å². The number of amides is 1. The average Bonchev–Trinajstić information content (AvgIpc) is 3.52. The third-order valence-corrected chi connectivity index (χ3v) is 6.54. The topological polar surface area (TPSA) is 121 Å². The zero-order valence-electron chi connectivity index (χ0n) is 17.3. The quantitative estimate of drug-likeness (QED) is 0.453. The van der Waals surface area contributed by atoms with Crippen molar-refractivity contribution in [2.45, 2.75) is 26.4 Å². The molecule has 0 spiro atoms. The Kier molecular flexibility index (Phi) is 5.52. The van der Waals surface area contributed by atoms with E-state index in [1.807, 2.05) is 40.1 Å². The molecule has 0 bridgehead atoms. The highest BCUT2D eigenvalue weighted by atomic mass is 32.1. The number of rotatable bonds is 6. The van der Waals surface area contributed by atoms with Crippen LogP contribution in [-0.4, -0.2) is 55.6 Å². The van der Waals surface area contributed by atoms with Crippen molar-refractivity contribution >= 4 is 33.4 Å². The molecule has 32 heavy (non-hydrogen) atoms. The summed E-state index contributed by atoms with van der Waals surface area (Å²) in [7, 11) is 0. The molecule has 1 aliphatic rings. The normalized spacial score (nSPS) is 16.7. The molecule has 1 aromatic carbocycles. The second kappa shape index (κ2) is 8.61. The number of benzene rings is 1. The van der Waals surface area contributed by atoms with E-state index in [1.54, 1.807) is 19.3 Å². The van der Waals surface area contributed by atoms with Crippen LogP contribution in [-0.2, 0) is 13.1 Å². The van der Waals surface area contributed by atoms with Crippen molar-refractivity contribution in [1.29, 1.82) is 0 Å². The Morgan fingerprint density at radius 3 is 2.97 bits per heavy atom. The molecule has 164 valence electrons. The number of nitrogens with zero attached hydrogens (tertiary/aromatic N) is 6. The number of hydrogen-bond donors (Lipinski definition) is 2. The van der Waals surface area contributed by atoms with Gasteiger partial charge in [0.05, 0.1) is 5.69 Å². The van der Waals surface area contributed by atoms with Gasteiger partial charge in [0.2, 0.25) is 0 Å². The van der Waals surface area contributed by atoms with Crippen molar-refractivity contribution < 1.29 is 14.5 Å². The number of anilines is 1. The highest BCUT2D eigenvalue weighted by Crippen LogP contribution is 2.30. The lowest BCUT2D eigenvalue weighted by molar-refractivity contribution is 0.0343. The zero-order valence-corrected chi connectivity index (χ0v) is 18.1. The number of aliphatic hydroxyl groups is 1. The summed E-state index contributed by atoms with van der Waals surface area (Å²) in [5, 5.41) is 22.1. The van der Waals surface area contributed by atoms with E-state index in [2.05, 4.69) is 25.6 Å². The molecule has 10 nitrogen and oxygen atoms in total. The van der Waals surface area contributed by atoms with Crippen LogP contribution in [0.25, 0.3) is 11.0 Å². The molecule has 4 heterocycles. The number of hydrogen-bond acceptors (Lipinski definition) is 10. The summed E-state index contributed by atoms with van der Waals surface area (Å²) >= 11 is 1.28. The van der Waals surface area contributed by atoms with E-state index in [0.29, 0.717) is 52.9 Å². The smallest absolute Gasteiger partial charge is 0.263 e. The van der Waals surface area contributed by atoms with Crippen LogP contribution in [0.3, 0.4) is 0 Å². The number of pyridine rings is 1. The first-order chi connectivity index (χ1) is 15.6. The zero-order chi connectivity index (χ0) is 22.1. The Morgan fingerprint density at radius 1 is 1.25 bits per heavy atom. The highest BCUT2D eigenvalue weighted by Gasteiger charge is 2.33. The summed E-state index contributed by atoms with van der Waals surface area (Å²) in [6.07, 6.45) is 2.58. The number of aryl methyl sites for hydroxylation is 1. The van der Waals surface area contributed by atoms with Gasteiger partial charge in [-0.3, -0.25) is 14.7 Å². The average molecular weight is 452 g/mol. The summed E-state index contributed by atoms with van der Waals surface area (Å²) in [6.45, 7) is 4.02. The minimum Gasteiger partial charge on any atom is -0.361 e. The lowest BCUT2D eigenvalue weighted by atomic mass is 10.2. The van der Waals surface area contributed by atoms with Crippen molar-refractivity contribution in [1.82, 2.24) is 30.5 Å². The van der Waals surface area contributed by atoms with Gasteiger partial charge in [-0.2, -0.15) is 0 Å². The molecule has 1 atom stereocenters. The first kappa shape index (κ1) is 20.5. The van der Waals surface area contributed by atoms with E-state index in [-0.39, 0.29) is 5.91 Å². The summed E-state index contributed by atoms with van der Waals surface area (Å²) in [5.74, 6) is -0.185. The minimum atomic E-state index is -0.835. The number of nitrogens with one attached hydrogen (secondary N) is 1. The monoisotopic (exact) mass is 451 g/mol. The van der Waals surface area contributed by atoms with E-state index >= 15 is 0 Å². The van der Waals surface area contributed by atoms with Gasteiger partial charge in [-0.1, -0.05) is 23.5 Å². The van der Waals surface area contributed by atoms with Crippen molar-refractivity contribution in [3.63, 3.8) is 0 Å². The van der Waals surface area contributed by atoms with Gasteiger partial charge in [-0.15, -0.1) is 0 Å². The third-order valence-electron chi connectivity index (χ3n) is 5.35. The maximum atomic E-state index is 12.7. The summed E-state index contributed by atoms with van der Waals surface area (Å²) < 4.78 is 4.75. The van der Waals surface area contributed by atoms with Crippen LogP contribution in [0.4, 0.5) is 5.13 Å². The van der Waals surface area contributed by atoms with E-state index in [9.17, 15) is 9.90 Å². The number of thiazole rings is 1. The first-order valence-corrected chi connectivity index (χ1v) is 10.9. The SMILES string of the molecule is Cc1nc(N2CCN(Cc3ccc4nonc4c3)C2O)sc1C(=O)NCc1cccnc1. The van der Waals surface area contributed by atoms with Crippen LogP contribution in [0, 0.1) is 6.92 Å². The molecule has 4 aromatic rings. The van der Waals surface area contributed by atoms with Gasteiger partial charge < -0.3 is 15.3 Å². The molecule has 1 fully saturated rings. The van der Waals surface area contributed by atoms with Gasteiger partial charge in [0.1, 0.15) is 15.9 Å². The molecule has 2 N–H and O–H groups in total. The van der Waals surface area contributed by atoms with Gasteiger partial charge >= 0.3 is 0 Å². The van der Waals surface area contributed by atoms with E-state index in [0.717, 1.165) is 11.1 Å². The molecule has 0 radical (unpaired) electrons. The van der Waals surface area contributed by atoms with Crippen molar-refractivity contribution in [2.24, 2.45) is 0 Å². The van der Waals surface area contributed by atoms with E-state index < -0.39 is 6.35 Å². The Morgan fingerprint density at radius 2 is 2.12 bits per heavy atom. The molecular weight excluding hydrogens is 430 g/mol. The Balaban J connectivity index is 1.25. The third kappa shape index (κ3) is 4.05. The van der Waals surface area contributed by atoms with Crippen LogP contribution in [0.2, 0.25) is 0 Å². The van der Waals surface area contributed by atoms with Crippen molar-refractivity contribution in [2.75, 3.05) is 18.0 Å². The molecule has 0 saturated carbocycles. The fraction of sp³-hybridized carbons (Fsp3) is 0.286. The molecule has 3 aromatic heterocycles. The fourth-order valence-corrected chi connectivity index (χ4v) is 4.69. The number of carbonyl (C=O) groups excluding carboxylic acids is 1. The van der Waals surface area contributed by atoms with Crippen LogP contribution in [0.5, 0.6) is 0 Å². The number of carbonyl (C=O) groups is 1. The second-order valence-corrected chi connectivity index (χ2v) is 8.53. The lowest BCUT2D eigenvalue weighted by Gasteiger charge is -2.24. The van der Waals surface area contributed by atoms with Crippen LogP contribution in [0.15, 0.2) is 47.4 Å². The Labute approximate surface area is 187 Å². The largest absolute Gasteiger partial charge is 0.361 e. The van der Waals surface area contributed by atoms with Crippen LogP contribution < -0.4 is 10.2 Å². The maximum Gasteiger partial charge on any atom is 0.263 e. The van der Waals surface area contributed by atoms with Gasteiger partial charge in [-0.25, -0.2) is 9.61 Å². The molecule has 1 unspecified atom stereocenters. The molecule has 0 aliphatic carbocycles. The van der Waals surface area contributed by atoms with Gasteiger partial charge in [0.25, 0.3) is 5.91 Å². The van der Waals surface area contributed by atoms with Crippen LogP contribution in [0.1, 0.15) is 26.5 Å². The molecule has 1 saturated heterocycles. The predicted octanol–water partition coefficient (Wildman–Crippen LogP) is 1.91. The second-order valence-electron chi connectivity index (χ2n) is 7.55. The van der Waals surface area contributed by atoms with Crippen LogP contribution >= 0.6 is 11.3 Å². The Hall–Kier alpha value is -3.41. The molecule has 11 heteroatoms. The fourth-order valence-electron chi connectivity index (χ4n) is 3.66. The van der Waals surface area contributed by atoms with E-state index in [1.165, 1.54) is 11.3 Å². The number of aromatic nitrogens is 4. The standard InChI is InChI=1S/C21H21N7O3S/c1-13-18(19(29)23-11-15-3-2-6-22-10-15)32-20(24-13)28-8-7-27(21(28)30)12-14-4-5-16-17(9-14)26-31-25-16/h2-6,9-10,21,30H,7-8,11-12H2,1H3,(H,23,29). The number of fused-ring (bicyclic) bond motifs is 1. The number of aliphatic hydroxyl groups excluding tert-OH is 1. The molecule has 1 amide bonds. The maximum absolute atomic E-state index is 12.7. The van der Waals surface area contributed by atoms with Crippen molar-refractivity contribution in [3.8, 4) is 0 Å². The summed E-state index contributed by atoms with van der Waals surface area (Å²) in [4.78, 5) is 25.6. The highest BCUT2D eigenvalue weighted by molar-refractivity contribution is 7.17. The van der Waals surface area contributed by atoms with Gasteiger partial charge in [0.15, 0.2) is 11.5 Å². The predicted molar refractivity (Wildman–Crippen MR) is 118 cm³/mol. The van der Waals surface area contributed by atoms with Crippen molar-refractivity contribution in [3.05, 3.63) is 64.4 Å². The summed E-state index contributed by atoms with van der Waals surface area (Å²) in [6, 6.07) is 9.44. The molecule has 5 rings (SSSR count). The minimum absolute atomic E-state index is 0.185. The van der Waals surface area contributed by atoms with E-state index in [4.69, 9.17) is 4.63 Å². The lowest BCUT2D eigenvalue weighted by Crippen LogP contribution is -2.38.